The zero-order chi connectivity index (χ0) is 9.68. The fourth-order valence-corrected chi connectivity index (χ4v) is 1.19. The lowest BCUT2D eigenvalue weighted by molar-refractivity contribution is -0.126. The van der Waals surface area contributed by atoms with E-state index in [9.17, 15) is 4.79 Å². The Labute approximate surface area is 79.4 Å². The minimum Gasteiger partial charge on any atom is -0.371 e. The van der Waals surface area contributed by atoms with Crippen molar-refractivity contribution >= 4 is 5.91 Å². The predicted octanol–water partition coefficient (Wildman–Crippen LogP) is 1.20. The molecule has 1 amide bonds. The zero-order valence-electron chi connectivity index (χ0n) is 8.16. The van der Waals surface area contributed by atoms with Gasteiger partial charge in [0.05, 0.1) is 12.7 Å². The fourth-order valence-electron chi connectivity index (χ4n) is 1.19. The van der Waals surface area contributed by atoms with Gasteiger partial charge in [0.2, 0.25) is 5.91 Å². The molecule has 1 fully saturated rings. The number of carbonyl (C=O) groups is 1. The number of epoxide rings is 1. The number of hydrogen-bond acceptors (Lipinski definition) is 2. The van der Waals surface area contributed by atoms with E-state index in [2.05, 4.69) is 13.5 Å². The smallest absolute Gasteiger partial charge is 0.246 e. The number of unbranched alkanes of at least 4 members (excludes halogenated alkanes) is 1. The lowest BCUT2D eigenvalue weighted by Gasteiger charge is -2.19. The van der Waals surface area contributed by atoms with Crippen LogP contribution in [0.15, 0.2) is 12.7 Å². The highest BCUT2D eigenvalue weighted by Gasteiger charge is 2.26. The second kappa shape index (κ2) is 5.02. The maximum atomic E-state index is 11.3. The van der Waals surface area contributed by atoms with Crippen molar-refractivity contribution in [3.05, 3.63) is 12.7 Å². The maximum Gasteiger partial charge on any atom is 0.246 e. The summed E-state index contributed by atoms with van der Waals surface area (Å²) in [5, 5.41) is 0. The first-order valence-corrected chi connectivity index (χ1v) is 4.81. The minimum atomic E-state index is 0.0175. The molecule has 1 atom stereocenters. The van der Waals surface area contributed by atoms with Gasteiger partial charge in [-0.3, -0.25) is 4.79 Å². The number of amides is 1. The molecule has 0 radical (unpaired) electrons. The first-order valence-electron chi connectivity index (χ1n) is 4.81. The van der Waals surface area contributed by atoms with Crippen LogP contribution in [0.5, 0.6) is 0 Å². The molecule has 1 aliphatic heterocycles. The van der Waals surface area contributed by atoms with Crippen molar-refractivity contribution < 1.29 is 9.53 Å². The van der Waals surface area contributed by atoms with Crippen molar-refractivity contribution in [2.75, 3.05) is 19.7 Å². The van der Waals surface area contributed by atoms with Gasteiger partial charge in [-0.15, -0.1) is 0 Å². The second-order valence-electron chi connectivity index (χ2n) is 3.30. The Bertz CT molecular complexity index is 187. The van der Waals surface area contributed by atoms with E-state index in [0.29, 0.717) is 0 Å². The third-order valence-electron chi connectivity index (χ3n) is 2.09. The number of ether oxygens (including phenoxy) is 1. The van der Waals surface area contributed by atoms with Gasteiger partial charge in [0.1, 0.15) is 0 Å². The number of carbonyl (C=O) groups excluding carboxylic acids is 1. The highest BCUT2D eigenvalue weighted by Crippen LogP contribution is 2.11. The highest BCUT2D eigenvalue weighted by atomic mass is 16.6. The van der Waals surface area contributed by atoms with Gasteiger partial charge in [0, 0.05) is 13.1 Å². The average Bonchev–Trinajstić information content (AvgIpc) is 2.94. The molecule has 0 aromatic carbocycles. The standard InChI is InChI=1S/C10H17NO2/c1-3-5-6-11(10(12)4-2)7-9-8-13-9/h4,9H,2-3,5-8H2,1H3. The SMILES string of the molecule is C=CC(=O)N(CCCC)CC1CO1. The van der Waals surface area contributed by atoms with Gasteiger partial charge in [-0.25, -0.2) is 0 Å². The van der Waals surface area contributed by atoms with Gasteiger partial charge in [-0.05, 0) is 12.5 Å². The number of rotatable bonds is 6. The molecule has 0 aliphatic carbocycles. The molecule has 0 spiro atoms. The van der Waals surface area contributed by atoms with E-state index in [4.69, 9.17) is 4.74 Å². The van der Waals surface area contributed by atoms with Crippen molar-refractivity contribution in [2.24, 2.45) is 0 Å². The number of hydrogen-bond donors (Lipinski definition) is 0. The summed E-state index contributed by atoms with van der Waals surface area (Å²) in [6.07, 6.45) is 3.80. The van der Waals surface area contributed by atoms with Gasteiger partial charge in [0.25, 0.3) is 0 Å². The lowest BCUT2D eigenvalue weighted by atomic mass is 10.3. The van der Waals surface area contributed by atoms with Crippen LogP contribution in [0, 0.1) is 0 Å². The second-order valence-corrected chi connectivity index (χ2v) is 3.30. The van der Waals surface area contributed by atoms with E-state index in [1.807, 2.05) is 4.90 Å². The first-order chi connectivity index (χ1) is 6.27. The highest BCUT2D eigenvalue weighted by molar-refractivity contribution is 5.87. The van der Waals surface area contributed by atoms with Crippen LogP contribution in [-0.2, 0) is 9.53 Å². The van der Waals surface area contributed by atoms with Crippen molar-refractivity contribution in [1.82, 2.24) is 4.90 Å². The Balaban J connectivity index is 2.31. The third kappa shape index (κ3) is 3.59. The Morgan fingerprint density at radius 2 is 2.46 bits per heavy atom. The molecule has 3 heteroatoms. The van der Waals surface area contributed by atoms with Crippen LogP contribution < -0.4 is 0 Å². The molecule has 13 heavy (non-hydrogen) atoms. The van der Waals surface area contributed by atoms with Crippen LogP contribution >= 0.6 is 0 Å². The zero-order valence-corrected chi connectivity index (χ0v) is 8.16. The Morgan fingerprint density at radius 1 is 1.77 bits per heavy atom. The largest absolute Gasteiger partial charge is 0.371 e. The summed E-state index contributed by atoms with van der Waals surface area (Å²) in [4.78, 5) is 13.1. The molecule has 1 rings (SSSR count). The molecule has 1 aliphatic rings. The van der Waals surface area contributed by atoms with E-state index in [1.54, 1.807) is 0 Å². The summed E-state index contributed by atoms with van der Waals surface area (Å²) in [6.45, 7) is 7.95. The summed E-state index contributed by atoms with van der Waals surface area (Å²) in [5.41, 5.74) is 0. The monoisotopic (exact) mass is 183 g/mol. The van der Waals surface area contributed by atoms with Gasteiger partial charge in [-0.2, -0.15) is 0 Å². The maximum absolute atomic E-state index is 11.3. The van der Waals surface area contributed by atoms with Gasteiger partial charge in [-0.1, -0.05) is 19.9 Å². The average molecular weight is 183 g/mol. The molecule has 3 nitrogen and oxygen atoms in total. The molecule has 1 unspecified atom stereocenters. The minimum absolute atomic E-state index is 0.0175. The van der Waals surface area contributed by atoms with Crippen LogP contribution in [0.4, 0.5) is 0 Å². The van der Waals surface area contributed by atoms with Crippen molar-refractivity contribution in [1.29, 1.82) is 0 Å². The molecular weight excluding hydrogens is 166 g/mol. The topological polar surface area (TPSA) is 32.8 Å². The van der Waals surface area contributed by atoms with Crippen molar-refractivity contribution in [2.45, 2.75) is 25.9 Å². The summed E-state index contributed by atoms with van der Waals surface area (Å²) < 4.78 is 5.09. The van der Waals surface area contributed by atoms with Gasteiger partial charge < -0.3 is 9.64 Å². The summed E-state index contributed by atoms with van der Waals surface area (Å²) in [7, 11) is 0. The molecule has 0 aromatic heterocycles. The summed E-state index contributed by atoms with van der Waals surface area (Å²) in [6, 6.07) is 0. The Kier molecular flexibility index (Phi) is 3.96. The quantitative estimate of drug-likeness (QED) is 0.458. The van der Waals surface area contributed by atoms with E-state index < -0.39 is 0 Å². The van der Waals surface area contributed by atoms with E-state index in [-0.39, 0.29) is 12.0 Å². The fraction of sp³-hybridized carbons (Fsp3) is 0.700. The van der Waals surface area contributed by atoms with Gasteiger partial charge >= 0.3 is 0 Å². The molecule has 1 heterocycles. The number of nitrogens with zero attached hydrogens (tertiary/aromatic N) is 1. The molecule has 0 bridgehead atoms. The first kappa shape index (κ1) is 10.3. The Morgan fingerprint density at radius 3 is 2.92 bits per heavy atom. The van der Waals surface area contributed by atoms with E-state index in [0.717, 1.165) is 32.5 Å². The molecular formula is C10H17NO2. The predicted molar refractivity (Wildman–Crippen MR) is 51.4 cm³/mol. The van der Waals surface area contributed by atoms with Crippen LogP contribution in [0.2, 0.25) is 0 Å². The van der Waals surface area contributed by atoms with Crippen LogP contribution in [-0.4, -0.2) is 36.6 Å². The molecule has 74 valence electrons. The summed E-state index contributed by atoms with van der Waals surface area (Å²) >= 11 is 0. The van der Waals surface area contributed by atoms with Crippen molar-refractivity contribution in [3.8, 4) is 0 Å². The molecule has 0 aromatic rings. The van der Waals surface area contributed by atoms with Crippen molar-refractivity contribution in [3.63, 3.8) is 0 Å². The Hall–Kier alpha value is -0.830. The molecule has 1 saturated heterocycles. The van der Waals surface area contributed by atoms with Crippen LogP contribution in [0.1, 0.15) is 19.8 Å². The van der Waals surface area contributed by atoms with Gasteiger partial charge in [0.15, 0.2) is 0 Å². The van der Waals surface area contributed by atoms with E-state index in [1.165, 1.54) is 6.08 Å². The van der Waals surface area contributed by atoms with Crippen LogP contribution in [0.25, 0.3) is 0 Å². The normalized spacial score (nSPS) is 19.6. The summed E-state index contributed by atoms with van der Waals surface area (Å²) in [5.74, 6) is 0.0175. The van der Waals surface area contributed by atoms with E-state index >= 15 is 0 Å². The molecule has 0 saturated carbocycles. The van der Waals surface area contributed by atoms with Crippen LogP contribution in [0.3, 0.4) is 0 Å². The third-order valence-corrected chi connectivity index (χ3v) is 2.09. The molecule has 0 N–H and O–H groups in total. The lowest BCUT2D eigenvalue weighted by Crippen LogP contribution is -2.33.